The van der Waals surface area contributed by atoms with E-state index in [4.69, 9.17) is 5.73 Å². The summed E-state index contributed by atoms with van der Waals surface area (Å²) in [5.41, 5.74) is 6.61. The molecule has 1 saturated heterocycles. The molecule has 5 heteroatoms. The van der Waals surface area contributed by atoms with E-state index in [9.17, 15) is 0 Å². The van der Waals surface area contributed by atoms with Crippen molar-refractivity contribution < 1.29 is 0 Å². The lowest BCUT2D eigenvalue weighted by Crippen LogP contribution is -2.38. The summed E-state index contributed by atoms with van der Waals surface area (Å²) in [4.78, 5) is 10.7. The van der Waals surface area contributed by atoms with Crippen molar-refractivity contribution >= 4 is 27.7 Å². The van der Waals surface area contributed by atoms with Gasteiger partial charge in [-0.3, -0.25) is 0 Å². The highest BCUT2D eigenvalue weighted by molar-refractivity contribution is 9.10. The lowest BCUT2D eigenvalue weighted by atomic mass is 10.2. The van der Waals surface area contributed by atoms with E-state index in [1.54, 1.807) is 0 Å². The molecule has 4 nitrogen and oxygen atoms in total. The predicted molar refractivity (Wildman–Crippen MR) is 55.7 cm³/mol. The molecule has 1 aromatic rings. The number of nitrogen functional groups attached to an aromatic ring is 1. The average molecular weight is 243 g/mol. The SMILES string of the molecule is Cc1nc(N2CCC2)nc(N)c1Br. The van der Waals surface area contributed by atoms with Gasteiger partial charge in [0.25, 0.3) is 0 Å². The van der Waals surface area contributed by atoms with E-state index in [-0.39, 0.29) is 0 Å². The third-order valence-electron chi connectivity index (χ3n) is 2.17. The third-order valence-corrected chi connectivity index (χ3v) is 3.15. The number of hydrogen-bond acceptors (Lipinski definition) is 4. The number of aromatic nitrogens is 2. The van der Waals surface area contributed by atoms with Gasteiger partial charge in [0.05, 0.1) is 10.2 Å². The van der Waals surface area contributed by atoms with E-state index >= 15 is 0 Å². The van der Waals surface area contributed by atoms with E-state index in [2.05, 4.69) is 30.8 Å². The van der Waals surface area contributed by atoms with Crippen molar-refractivity contribution in [3.05, 3.63) is 10.2 Å². The van der Waals surface area contributed by atoms with Crippen LogP contribution in [0.2, 0.25) is 0 Å². The van der Waals surface area contributed by atoms with Gasteiger partial charge in [0.1, 0.15) is 5.82 Å². The highest BCUT2D eigenvalue weighted by atomic mass is 79.9. The van der Waals surface area contributed by atoms with Gasteiger partial charge in [0.15, 0.2) is 0 Å². The zero-order chi connectivity index (χ0) is 9.42. The summed E-state index contributed by atoms with van der Waals surface area (Å²) in [5, 5.41) is 0. The summed E-state index contributed by atoms with van der Waals surface area (Å²) in [7, 11) is 0. The van der Waals surface area contributed by atoms with E-state index < -0.39 is 0 Å². The fourth-order valence-electron chi connectivity index (χ4n) is 1.22. The lowest BCUT2D eigenvalue weighted by molar-refractivity contribution is 0.599. The molecule has 13 heavy (non-hydrogen) atoms. The van der Waals surface area contributed by atoms with Crippen LogP contribution in [0.5, 0.6) is 0 Å². The van der Waals surface area contributed by atoms with Gasteiger partial charge in [-0.15, -0.1) is 0 Å². The molecule has 1 aromatic heterocycles. The van der Waals surface area contributed by atoms with Crippen molar-refractivity contribution in [3.63, 3.8) is 0 Å². The van der Waals surface area contributed by atoms with Crippen LogP contribution in [0.15, 0.2) is 4.47 Å². The molecule has 0 aromatic carbocycles. The van der Waals surface area contributed by atoms with Gasteiger partial charge in [-0.2, -0.15) is 4.98 Å². The van der Waals surface area contributed by atoms with Crippen LogP contribution in [0.25, 0.3) is 0 Å². The minimum atomic E-state index is 0.523. The standard InChI is InChI=1S/C8H11BrN4/c1-5-6(9)7(10)12-8(11-5)13-3-2-4-13/h2-4H2,1H3,(H2,10,11,12). The van der Waals surface area contributed by atoms with Gasteiger partial charge < -0.3 is 10.6 Å². The van der Waals surface area contributed by atoms with Crippen LogP contribution in [-0.2, 0) is 0 Å². The molecule has 0 amide bonds. The molecule has 0 atom stereocenters. The number of hydrogen-bond donors (Lipinski definition) is 1. The van der Waals surface area contributed by atoms with E-state index in [0.717, 1.165) is 29.2 Å². The van der Waals surface area contributed by atoms with Crippen molar-refractivity contribution in [2.75, 3.05) is 23.7 Å². The molecule has 0 aliphatic carbocycles. The number of nitrogens with two attached hydrogens (primary N) is 1. The maximum atomic E-state index is 5.71. The summed E-state index contributed by atoms with van der Waals surface area (Å²) in [6, 6.07) is 0. The molecule has 0 spiro atoms. The molecule has 1 fully saturated rings. The largest absolute Gasteiger partial charge is 0.383 e. The van der Waals surface area contributed by atoms with E-state index in [0.29, 0.717) is 5.82 Å². The Kier molecular flexibility index (Phi) is 2.11. The molecule has 0 bridgehead atoms. The first-order valence-electron chi connectivity index (χ1n) is 4.23. The summed E-state index contributed by atoms with van der Waals surface area (Å²) < 4.78 is 0.803. The van der Waals surface area contributed by atoms with Crippen LogP contribution in [0.1, 0.15) is 12.1 Å². The number of nitrogens with zero attached hydrogens (tertiary/aromatic N) is 3. The van der Waals surface area contributed by atoms with Crippen LogP contribution in [-0.4, -0.2) is 23.1 Å². The van der Waals surface area contributed by atoms with Crippen molar-refractivity contribution in [2.24, 2.45) is 0 Å². The molecule has 1 aliphatic heterocycles. The van der Waals surface area contributed by atoms with E-state index in [1.165, 1.54) is 6.42 Å². The maximum Gasteiger partial charge on any atom is 0.227 e. The van der Waals surface area contributed by atoms with Crippen LogP contribution in [0.3, 0.4) is 0 Å². The Balaban J connectivity index is 2.37. The number of aryl methyl sites for hydroxylation is 1. The minimum Gasteiger partial charge on any atom is -0.383 e. The first-order chi connectivity index (χ1) is 6.18. The number of anilines is 2. The molecule has 0 saturated carbocycles. The van der Waals surface area contributed by atoms with Crippen molar-refractivity contribution in [1.82, 2.24) is 9.97 Å². The summed E-state index contributed by atoms with van der Waals surface area (Å²) in [6.45, 7) is 4.01. The summed E-state index contributed by atoms with van der Waals surface area (Å²) >= 11 is 3.33. The molecule has 0 unspecified atom stereocenters. The topological polar surface area (TPSA) is 55.0 Å². The fraction of sp³-hybridized carbons (Fsp3) is 0.500. The normalized spacial score (nSPS) is 15.7. The third kappa shape index (κ3) is 1.48. The quantitative estimate of drug-likeness (QED) is 0.808. The average Bonchev–Trinajstić information content (AvgIpc) is 1.96. The second kappa shape index (κ2) is 3.14. The molecular weight excluding hydrogens is 232 g/mol. The molecule has 0 radical (unpaired) electrons. The predicted octanol–water partition coefficient (Wildman–Crippen LogP) is 1.34. The molecule has 2 heterocycles. The number of rotatable bonds is 1. The van der Waals surface area contributed by atoms with Crippen LogP contribution < -0.4 is 10.6 Å². The monoisotopic (exact) mass is 242 g/mol. The molecule has 1 aliphatic rings. The van der Waals surface area contributed by atoms with Crippen molar-refractivity contribution in [3.8, 4) is 0 Å². The summed E-state index contributed by atoms with van der Waals surface area (Å²) in [6.07, 6.45) is 1.22. The lowest BCUT2D eigenvalue weighted by Gasteiger charge is -2.31. The van der Waals surface area contributed by atoms with Crippen molar-refractivity contribution in [1.29, 1.82) is 0 Å². The van der Waals surface area contributed by atoms with Crippen molar-refractivity contribution in [2.45, 2.75) is 13.3 Å². The maximum absolute atomic E-state index is 5.71. The summed E-state index contributed by atoms with van der Waals surface area (Å²) in [5.74, 6) is 1.28. The van der Waals surface area contributed by atoms with Gasteiger partial charge in [-0.05, 0) is 29.3 Å². The second-order valence-corrected chi connectivity index (χ2v) is 3.94. The number of halogens is 1. The fourth-order valence-corrected chi connectivity index (χ4v) is 1.40. The van der Waals surface area contributed by atoms with Gasteiger partial charge in [-0.25, -0.2) is 4.98 Å². The Labute approximate surface area is 85.3 Å². The molecule has 2 rings (SSSR count). The highest BCUT2D eigenvalue weighted by Crippen LogP contribution is 2.24. The van der Waals surface area contributed by atoms with Crippen LogP contribution >= 0.6 is 15.9 Å². The Morgan fingerprint density at radius 2 is 2.08 bits per heavy atom. The van der Waals surface area contributed by atoms with E-state index in [1.807, 2.05) is 6.92 Å². The first-order valence-corrected chi connectivity index (χ1v) is 5.02. The zero-order valence-corrected chi connectivity index (χ0v) is 9.00. The molecule has 70 valence electrons. The second-order valence-electron chi connectivity index (χ2n) is 3.15. The Hall–Kier alpha value is -0.840. The molecule has 2 N–H and O–H groups in total. The van der Waals surface area contributed by atoms with Gasteiger partial charge >= 0.3 is 0 Å². The minimum absolute atomic E-state index is 0.523. The zero-order valence-electron chi connectivity index (χ0n) is 7.42. The van der Waals surface area contributed by atoms with Gasteiger partial charge in [0.2, 0.25) is 5.95 Å². The van der Waals surface area contributed by atoms with Gasteiger partial charge in [-0.1, -0.05) is 0 Å². The highest BCUT2D eigenvalue weighted by Gasteiger charge is 2.18. The smallest absolute Gasteiger partial charge is 0.227 e. The van der Waals surface area contributed by atoms with Crippen LogP contribution in [0, 0.1) is 6.92 Å². The molecular formula is C8H11BrN4. The first kappa shape index (κ1) is 8.74. The Morgan fingerprint density at radius 1 is 1.38 bits per heavy atom. The Morgan fingerprint density at radius 3 is 2.54 bits per heavy atom. The Bertz CT molecular complexity index is 312. The van der Waals surface area contributed by atoms with Crippen LogP contribution in [0.4, 0.5) is 11.8 Å². The van der Waals surface area contributed by atoms with Gasteiger partial charge in [0, 0.05) is 13.1 Å².